The van der Waals surface area contributed by atoms with Crippen molar-refractivity contribution in [2.75, 3.05) is 0 Å². The van der Waals surface area contributed by atoms with Crippen LogP contribution in [-0.2, 0) is 6.18 Å². The molecule has 0 saturated carbocycles. The van der Waals surface area contributed by atoms with E-state index in [4.69, 9.17) is 5.84 Å². The third kappa shape index (κ3) is 3.61. The lowest BCUT2D eigenvalue weighted by molar-refractivity contribution is -0.138. The average Bonchev–Trinajstić information content (AvgIpc) is 2.42. The molecule has 2 aromatic rings. The van der Waals surface area contributed by atoms with Gasteiger partial charge in [-0.15, -0.1) is 0 Å². The van der Waals surface area contributed by atoms with E-state index in [1.54, 1.807) is 0 Å². The molecule has 2 aromatic carbocycles. The van der Waals surface area contributed by atoms with Crippen molar-refractivity contribution in [3.05, 3.63) is 69.4 Å². The zero-order valence-corrected chi connectivity index (χ0v) is 12.2. The van der Waals surface area contributed by atoms with E-state index in [0.29, 0.717) is 11.1 Å². The summed E-state index contributed by atoms with van der Waals surface area (Å²) in [7, 11) is 0. The number of hydrogen-bond acceptors (Lipinski definition) is 2. The maximum atomic E-state index is 12.9. The molecule has 7 heteroatoms. The van der Waals surface area contributed by atoms with Crippen LogP contribution < -0.4 is 11.3 Å². The fraction of sp³-hybridized carbons (Fsp3) is 0.143. The third-order valence-electron chi connectivity index (χ3n) is 3.00. The van der Waals surface area contributed by atoms with Gasteiger partial charge in [0.05, 0.1) is 11.6 Å². The highest BCUT2D eigenvalue weighted by atomic mass is 79.9. The summed E-state index contributed by atoms with van der Waals surface area (Å²) in [6, 6.07) is 8.56. The molecule has 1 atom stereocenters. The number of nitrogens with two attached hydrogens (primary N) is 1. The van der Waals surface area contributed by atoms with Gasteiger partial charge in [0.2, 0.25) is 0 Å². The van der Waals surface area contributed by atoms with Crippen LogP contribution in [0.5, 0.6) is 0 Å². The Balaban J connectivity index is 2.46. The molecular formula is C14H11BrF4N2. The molecule has 0 spiro atoms. The van der Waals surface area contributed by atoms with Crippen LogP contribution in [0, 0.1) is 5.82 Å². The fourth-order valence-corrected chi connectivity index (χ4v) is 2.45. The normalized spacial score (nSPS) is 13.2. The van der Waals surface area contributed by atoms with Crippen LogP contribution in [0.15, 0.2) is 46.9 Å². The maximum Gasteiger partial charge on any atom is 0.417 e. The van der Waals surface area contributed by atoms with E-state index in [1.165, 1.54) is 36.4 Å². The SMILES string of the molecule is NNC(c1ccc(F)cc1)c1ccc(Br)c(C(F)(F)F)c1. The van der Waals surface area contributed by atoms with Gasteiger partial charge < -0.3 is 0 Å². The first kappa shape index (κ1) is 15.9. The molecule has 0 radical (unpaired) electrons. The lowest BCUT2D eigenvalue weighted by Gasteiger charge is -2.19. The van der Waals surface area contributed by atoms with Gasteiger partial charge in [-0.25, -0.2) is 9.82 Å². The van der Waals surface area contributed by atoms with Gasteiger partial charge in [-0.1, -0.05) is 34.1 Å². The summed E-state index contributed by atoms with van der Waals surface area (Å²) < 4.78 is 51.6. The summed E-state index contributed by atoms with van der Waals surface area (Å²) in [5, 5.41) is 0. The highest BCUT2D eigenvalue weighted by Gasteiger charge is 2.33. The number of rotatable bonds is 3. The molecule has 0 saturated heterocycles. The summed E-state index contributed by atoms with van der Waals surface area (Å²) in [4.78, 5) is 0. The number of hydrogen-bond donors (Lipinski definition) is 2. The summed E-state index contributed by atoms with van der Waals surface area (Å²) in [6.07, 6.45) is -4.48. The molecule has 0 aliphatic heterocycles. The number of alkyl halides is 3. The van der Waals surface area contributed by atoms with Crippen LogP contribution in [-0.4, -0.2) is 0 Å². The quantitative estimate of drug-likeness (QED) is 0.488. The average molecular weight is 363 g/mol. The van der Waals surface area contributed by atoms with Crippen LogP contribution in [0.2, 0.25) is 0 Å². The Labute approximate surface area is 127 Å². The minimum absolute atomic E-state index is 0.0476. The van der Waals surface area contributed by atoms with Crippen molar-refractivity contribution in [3.8, 4) is 0 Å². The molecule has 1 unspecified atom stereocenters. The topological polar surface area (TPSA) is 38.0 Å². The molecular weight excluding hydrogens is 352 g/mol. The smallest absolute Gasteiger partial charge is 0.271 e. The van der Waals surface area contributed by atoms with E-state index < -0.39 is 23.6 Å². The molecule has 2 nitrogen and oxygen atoms in total. The number of nitrogens with one attached hydrogen (secondary N) is 1. The minimum atomic E-state index is -4.48. The first-order valence-electron chi connectivity index (χ1n) is 5.91. The summed E-state index contributed by atoms with van der Waals surface area (Å²) in [6.45, 7) is 0. The Bertz CT molecular complexity index is 626. The minimum Gasteiger partial charge on any atom is -0.271 e. The highest BCUT2D eigenvalue weighted by molar-refractivity contribution is 9.10. The van der Waals surface area contributed by atoms with Gasteiger partial charge >= 0.3 is 6.18 Å². The van der Waals surface area contributed by atoms with E-state index >= 15 is 0 Å². The number of benzene rings is 2. The first-order chi connectivity index (χ1) is 9.82. The van der Waals surface area contributed by atoms with Gasteiger partial charge in [0, 0.05) is 4.47 Å². The monoisotopic (exact) mass is 362 g/mol. The van der Waals surface area contributed by atoms with Crippen LogP contribution in [0.25, 0.3) is 0 Å². The van der Waals surface area contributed by atoms with Crippen LogP contribution in [0.3, 0.4) is 0 Å². The zero-order valence-electron chi connectivity index (χ0n) is 10.6. The van der Waals surface area contributed by atoms with Gasteiger partial charge in [-0.2, -0.15) is 13.2 Å². The van der Waals surface area contributed by atoms with E-state index in [-0.39, 0.29) is 4.47 Å². The second-order valence-electron chi connectivity index (χ2n) is 4.39. The second kappa shape index (κ2) is 6.13. The Morgan fingerprint density at radius 3 is 2.10 bits per heavy atom. The van der Waals surface area contributed by atoms with E-state index in [9.17, 15) is 17.6 Å². The maximum absolute atomic E-state index is 12.9. The van der Waals surface area contributed by atoms with Gasteiger partial charge in [0.1, 0.15) is 5.82 Å². The van der Waals surface area contributed by atoms with Crippen LogP contribution in [0.4, 0.5) is 17.6 Å². The summed E-state index contributed by atoms with van der Waals surface area (Å²) in [5.74, 6) is 5.01. The van der Waals surface area contributed by atoms with Crippen molar-refractivity contribution in [1.82, 2.24) is 5.43 Å². The molecule has 0 amide bonds. The lowest BCUT2D eigenvalue weighted by atomic mass is 9.97. The molecule has 0 aromatic heterocycles. The predicted octanol–water partition coefficient (Wildman–Crippen LogP) is 4.16. The van der Waals surface area contributed by atoms with Crippen LogP contribution in [0.1, 0.15) is 22.7 Å². The fourth-order valence-electron chi connectivity index (χ4n) is 1.98. The summed E-state index contributed by atoms with van der Waals surface area (Å²) >= 11 is 2.88. The van der Waals surface area contributed by atoms with E-state index in [2.05, 4.69) is 21.4 Å². The summed E-state index contributed by atoms with van der Waals surface area (Å²) in [5.41, 5.74) is 2.55. The van der Waals surface area contributed by atoms with Crippen molar-refractivity contribution < 1.29 is 17.6 Å². The van der Waals surface area contributed by atoms with Crippen molar-refractivity contribution in [3.63, 3.8) is 0 Å². The first-order valence-corrected chi connectivity index (χ1v) is 6.70. The van der Waals surface area contributed by atoms with E-state index in [0.717, 1.165) is 6.07 Å². The molecule has 112 valence electrons. The van der Waals surface area contributed by atoms with Gasteiger partial charge in [-0.05, 0) is 35.4 Å². The Kier molecular flexibility index (Phi) is 4.65. The van der Waals surface area contributed by atoms with Gasteiger partial charge in [0.25, 0.3) is 0 Å². The Morgan fingerprint density at radius 2 is 1.57 bits per heavy atom. The van der Waals surface area contributed by atoms with E-state index in [1.807, 2.05) is 0 Å². The van der Waals surface area contributed by atoms with Gasteiger partial charge in [0.15, 0.2) is 0 Å². The molecule has 0 fully saturated rings. The Morgan fingerprint density at radius 1 is 1.00 bits per heavy atom. The van der Waals surface area contributed by atoms with Crippen molar-refractivity contribution in [2.45, 2.75) is 12.2 Å². The second-order valence-corrected chi connectivity index (χ2v) is 5.24. The standard InChI is InChI=1S/C14H11BrF4N2/c15-12-6-3-9(7-11(12)14(17,18)19)13(21-20)8-1-4-10(16)5-2-8/h1-7,13,21H,20H2. The van der Waals surface area contributed by atoms with Crippen molar-refractivity contribution in [2.24, 2.45) is 5.84 Å². The van der Waals surface area contributed by atoms with Gasteiger partial charge in [-0.3, -0.25) is 5.84 Å². The zero-order chi connectivity index (χ0) is 15.6. The lowest BCUT2D eigenvalue weighted by Crippen LogP contribution is -2.29. The number of halogens is 5. The van der Waals surface area contributed by atoms with Crippen molar-refractivity contribution >= 4 is 15.9 Å². The largest absolute Gasteiger partial charge is 0.417 e. The third-order valence-corrected chi connectivity index (χ3v) is 3.69. The van der Waals surface area contributed by atoms with Crippen LogP contribution >= 0.6 is 15.9 Å². The molecule has 0 aliphatic carbocycles. The number of hydrazine groups is 1. The highest BCUT2D eigenvalue weighted by Crippen LogP contribution is 2.37. The predicted molar refractivity (Wildman–Crippen MR) is 74.7 cm³/mol. The van der Waals surface area contributed by atoms with Crippen molar-refractivity contribution in [1.29, 1.82) is 0 Å². The molecule has 2 rings (SSSR count). The molecule has 21 heavy (non-hydrogen) atoms. The molecule has 0 aliphatic rings. The molecule has 0 heterocycles. The molecule has 0 bridgehead atoms. The molecule has 3 N–H and O–H groups in total. The Hall–Kier alpha value is -1.44.